The monoisotopic (exact) mass is 316 g/mol. The van der Waals surface area contributed by atoms with Gasteiger partial charge in [-0.1, -0.05) is 6.07 Å². The van der Waals surface area contributed by atoms with Gasteiger partial charge in [0.05, 0.1) is 18.2 Å². The SMILES string of the molecule is N#Cc1cccc(OCCCCC(=O)NN2CC(=O)NC2=O)c1. The fraction of sp³-hybridized carbons (Fsp3) is 0.333. The van der Waals surface area contributed by atoms with E-state index in [1.807, 2.05) is 6.07 Å². The minimum Gasteiger partial charge on any atom is -0.494 e. The molecule has 2 N–H and O–H groups in total. The van der Waals surface area contributed by atoms with Crippen LogP contribution in [0.5, 0.6) is 5.75 Å². The van der Waals surface area contributed by atoms with Crippen molar-refractivity contribution in [3.05, 3.63) is 29.8 Å². The van der Waals surface area contributed by atoms with Crippen molar-refractivity contribution in [2.75, 3.05) is 13.2 Å². The number of carbonyl (C=O) groups is 3. The second-order valence-electron chi connectivity index (χ2n) is 4.92. The Morgan fingerprint density at radius 2 is 2.22 bits per heavy atom. The molecule has 0 atom stereocenters. The number of nitrogens with one attached hydrogen (secondary N) is 2. The van der Waals surface area contributed by atoms with E-state index < -0.39 is 11.9 Å². The summed E-state index contributed by atoms with van der Waals surface area (Å²) in [6.45, 7) is 0.258. The molecule has 0 aromatic heterocycles. The molecule has 0 spiro atoms. The third-order valence-electron chi connectivity index (χ3n) is 3.08. The molecule has 0 radical (unpaired) electrons. The first-order valence-electron chi connectivity index (χ1n) is 7.12. The van der Waals surface area contributed by atoms with Crippen molar-refractivity contribution in [3.63, 3.8) is 0 Å². The number of nitriles is 1. The number of amides is 4. The Hall–Kier alpha value is -3.08. The highest BCUT2D eigenvalue weighted by molar-refractivity contribution is 6.02. The van der Waals surface area contributed by atoms with Crippen molar-refractivity contribution in [1.82, 2.24) is 15.8 Å². The molecular weight excluding hydrogens is 300 g/mol. The first kappa shape index (κ1) is 16.3. The molecule has 23 heavy (non-hydrogen) atoms. The zero-order valence-corrected chi connectivity index (χ0v) is 12.4. The number of benzene rings is 1. The van der Waals surface area contributed by atoms with Gasteiger partial charge >= 0.3 is 6.03 Å². The van der Waals surface area contributed by atoms with E-state index in [2.05, 4.69) is 10.7 Å². The Morgan fingerprint density at radius 3 is 2.91 bits per heavy atom. The molecule has 4 amide bonds. The average molecular weight is 316 g/mol. The highest BCUT2D eigenvalue weighted by atomic mass is 16.5. The Balaban J connectivity index is 1.61. The van der Waals surface area contributed by atoms with Crippen LogP contribution in [-0.2, 0) is 9.59 Å². The Bertz CT molecular complexity index is 653. The minimum atomic E-state index is -0.621. The molecule has 0 unspecified atom stereocenters. The lowest BCUT2D eigenvalue weighted by Crippen LogP contribution is -2.44. The summed E-state index contributed by atoms with van der Waals surface area (Å²) >= 11 is 0. The van der Waals surface area contributed by atoms with E-state index in [4.69, 9.17) is 10.00 Å². The molecule has 1 aromatic rings. The van der Waals surface area contributed by atoms with Gasteiger partial charge < -0.3 is 4.74 Å². The highest BCUT2D eigenvalue weighted by Crippen LogP contribution is 2.13. The molecular formula is C15H16N4O4. The van der Waals surface area contributed by atoms with Crippen LogP contribution in [0.1, 0.15) is 24.8 Å². The molecule has 120 valence electrons. The van der Waals surface area contributed by atoms with Crippen LogP contribution >= 0.6 is 0 Å². The van der Waals surface area contributed by atoms with E-state index in [9.17, 15) is 14.4 Å². The van der Waals surface area contributed by atoms with Gasteiger partial charge in [-0.15, -0.1) is 0 Å². The van der Waals surface area contributed by atoms with Crippen molar-refractivity contribution in [3.8, 4) is 11.8 Å². The van der Waals surface area contributed by atoms with Gasteiger partial charge in [-0.2, -0.15) is 5.26 Å². The fourth-order valence-corrected chi connectivity index (χ4v) is 1.97. The lowest BCUT2D eigenvalue weighted by molar-refractivity contribution is -0.125. The van der Waals surface area contributed by atoms with Crippen LogP contribution in [0.25, 0.3) is 0 Å². The molecule has 8 nitrogen and oxygen atoms in total. The van der Waals surface area contributed by atoms with Crippen molar-refractivity contribution >= 4 is 17.8 Å². The van der Waals surface area contributed by atoms with Crippen molar-refractivity contribution in [2.24, 2.45) is 0 Å². The topological polar surface area (TPSA) is 112 Å². The molecule has 1 aromatic carbocycles. The molecule has 1 fully saturated rings. The normalized spacial score (nSPS) is 13.4. The summed E-state index contributed by atoms with van der Waals surface area (Å²) in [5.74, 6) is -0.162. The second kappa shape index (κ2) is 7.79. The first-order valence-corrected chi connectivity index (χ1v) is 7.12. The van der Waals surface area contributed by atoms with Crippen LogP contribution in [0.15, 0.2) is 24.3 Å². The van der Waals surface area contributed by atoms with Gasteiger partial charge in [-0.05, 0) is 31.0 Å². The van der Waals surface area contributed by atoms with Crippen molar-refractivity contribution in [2.45, 2.75) is 19.3 Å². The molecule has 8 heteroatoms. The maximum absolute atomic E-state index is 11.6. The van der Waals surface area contributed by atoms with E-state index in [-0.39, 0.29) is 18.9 Å². The zero-order valence-electron chi connectivity index (χ0n) is 12.4. The number of unbranched alkanes of at least 4 members (excludes halogenated alkanes) is 1. The van der Waals surface area contributed by atoms with E-state index in [0.29, 0.717) is 30.8 Å². The summed E-state index contributed by atoms with van der Waals surface area (Å²) in [4.78, 5) is 33.9. The van der Waals surface area contributed by atoms with Crippen LogP contribution < -0.4 is 15.5 Å². The van der Waals surface area contributed by atoms with E-state index in [0.717, 1.165) is 5.01 Å². The average Bonchev–Trinajstić information content (AvgIpc) is 2.84. The predicted octanol–water partition coefficient (Wildman–Crippen LogP) is 0.690. The zero-order chi connectivity index (χ0) is 16.7. The summed E-state index contributed by atoms with van der Waals surface area (Å²) in [5.41, 5.74) is 2.90. The molecule has 0 saturated carbocycles. The summed E-state index contributed by atoms with van der Waals surface area (Å²) < 4.78 is 5.49. The number of carbonyl (C=O) groups excluding carboxylic acids is 3. The summed E-state index contributed by atoms with van der Waals surface area (Å²) in [5, 5.41) is 11.8. The van der Waals surface area contributed by atoms with Gasteiger partial charge in [0.2, 0.25) is 11.8 Å². The van der Waals surface area contributed by atoms with Crippen LogP contribution in [-0.4, -0.2) is 36.0 Å². The van der Waals surface area contributed by atoms with Crippen LogP contribution in [0.3, 0.4) is 0 Å². The molecule has 2 rings (SSSR count). The minimum absolute atomic E-state index is 0.164. The quantitative estimate of drug-likeness (QED) is 0.568. The van der Waals surface area contributed by atoms with Gasteiger partial charge in [0.1, 0.15) is 12.3 Å². The number of ether oxygens (including phenoxy) is 1. The fourth-order valence-electron chi connectivity index (χ4n) is 1.97. The van der Waals surface area contributed by atoms with E-state index in [1.54, 1.807) is 24.3 Å². The van der Waals surface area contributed by atoms with E-state index in [1.165, 1.54) is 0 Å². The van der Waals surface area contributed by atoms with Crippen molar-refractivity contribution < 1.29 is 19.1 Å². The maximum atomic E-state index is 11.6. The molecule has 1 aliphatic rings. The molecule has 0 bridgehead atoms. The predicted molar refractivity (Wildman–Crippen MR) is 78.9 cm³/mol. The molecule has 0 aliphatic carbocycles. The highest BCUT2D eigenvalue weighted by Gasteiger charge is 2.27. The number of urea groups is 1. The largest absolute Gasteiger partial charge is 0.494 e. The van der Waals surface area contributed by atoms with Crippen molar-refractivity contribution in [1.29, 1.82) is 5.26 Å². The second-order valence-corrected chi connectivity index (χ2v) is 4.92. The van der Waals surface area contributed by atoms with Gasteiger partial charge in [0.25, 0.3) is 0 Å². The smallest absolute Gasteiger partial charge is 0.343 e. The standard InChI is InChI=1S/C15H16N4O4/c16-9-11-4-3-5-12(8-11)23-7-2-1-6-13(20)18-19-10-14(21)17-15(19)22/h3-5,8H,1-2,6-7,10H2,(H,18,20)(H,17,21,22). The van der Waals surface area contributed by atoms with Gasteiger partial charge in [0, 0.05) is 6.42 Å². The molecule has 1 saturated heterocycles. The number of hydrazine groups is 1. The summed E-state index contributed by atoms with van der Waals surface area (Å²) in [6, 6.07) is 8.25. The van der Waals surface area contributed by atoms with Crippen LogP contribution in [0, 0.1) is 11.3 Å². The Kier molecular flexibility index (Phi) is 5.52. The number of imide groups is 1. The first-order chi connectivity index (χ1) is 11.1. The van der Waals surface area contributed by atoms with Gasteiger partial charge in [0.15, 0.2) is 0 Å². The molecule has 1 heterocycles. The number of rotatable bonds is 7. The lowest BCUT2D eigenvalue weighted by Gasteiger charge is -2.14. The van der Waals surface area contributed by atoms with Crippen LogP contribution in [0.2, 0.25) is 0 Å². The lowest BCUT2D eigenvalue weighted by atomic mass is 10.2. The maximum Gasteiger partial charge on any atom is 0.343 e. The Morgan fingerprint density at radius 1 is 1.39 bits per heavy atom. The van der Waals surface area contributed by atoms with Gasteiger partial charge in [-0.3, -0.25) is 20.3 Å². The number of nitrogens with zero attached hydrogens (tertiary/aromatic N) is 2. The van der Waals surface area contributed by atoms with E-state index >= 15 is 0 Å². The number of hydrogen-bond donors (Lipinski definition) is 2. The summed E-state index contributed by atoms with van der Waals surface area (Å²) in [7, 11) is 0. The van der Waals surface area contributed by atoms with Gasteiger partial charge in [-0.25, -0.2) is 9.80 Å². The Labute approximate surface area is 133 Å². The molecule has 1 aliphatic heterocycles. The third kappa shape index (κ3) is 5.00. The number of hydrogen-bond acceptors (Lipinski definition) is 5. The third-order valence-corrected chi connectivity index (χ3v) is 3.08. The summed E-state index contributed by atoms with van der Waals surface area (Å²) in [6.07, 6.45) is 1.45. The van der Waals surface area contributed by atoms with Crippen LogP contribution in [0.4, 0.5) is 4.79 Å².